The Labute approximate surface area is 143 Å². The number of nitrogens with zero attached hydrogens (tertiary/aromatic N) is 3. The largest absolute Gasteiger partial charge is 0.318 e. The summed E-state index contributed by atoms with van der Waals surface area (Å²) in [6, 6.07) is 18.1. The highest BCUT2D eigenvalue weighted by Crippen LogP contribution is 2.27. The van der Waals surface area contributed by atoms with Crippen LogP contribution in [0.4, 0.5) is 4.39 Å². The molecule has 0 unspecified atom stereocenters. The second-order valence-electron chi connectivity index (χ2n) is 5.43. The van der Waals surface area contributed by atoms with Gasteiger partial charge in [-0.1, -0.05) is 35.9 Å². The Balaban J connectivity index is 1.93. The van der Waals surface area contributed by atoms with Gasteiger partial charge in [0.15, 0.2) is 5.82 Å². The number of pyridine rings is 1. The molecule has 2 aromatic heterocycles. The molecule has 0 atom stereocenters. The van der Waals surface area contributed by atoms with Gasteiger partial charge in [-0.15, -0.1) is 0 Å². The van der Waals surface area contributed by atoms with E-state index in [1.54, 1.807) is 18.3 Å². The van der Waals surface area contributed by atoms with E-state index in [0.29, 0.717) is 16.4 Å². The molecule has 0 spiro atoms. The molecule has 0 radical (unpaired) electrons. The third-order valence-corrected chi connectivity index (χ3v) is 4.28. The van der Waals surface area contributed by atoms with E-state index in [1.165, 1.54) is 6.07 Å². The molecule has 24 heavy (non-hydrogen) atoms. The maximum atomic E-state index is 14.2. The number of imidazole rings is 1. The van der Waals surface area contributed by atoms with Gasteiger partial charge in [-0.05, 0) is 36.4 Å². The molecular weight excluding hydrogens is 325 g/mol. The topological polar surface area (TPSA) is 30.7 Å². The first kappa shape index (κ1) is 14.8. The lowest BCUT2D eigenvalue weighted by Crippen LogP contribution is -2.05. The van der Waals surface area contributed by atoms with Crippen molar-refractivity contribution in [3.05, 3.63) is 83.3 Å². The van der Waals surface area contributed by atoms with Gasteiger partial charge in [0.1, 0.15) is 11.5 Å². The van der Waals surface area contributed by atoms with Gasteiger partial charge in [-0.25, -0.2) is 9.37 Å². The Morgan fingerprint density at radius 3 is 2.58 bits per heavy atom. The SMILES string of the molecule is Fc1cccc(Cl)c1Cn1c(-c2ccccn2)nc2ccccc21. The first-order valence-corrected chi connectivity index (χ1v) is 7.91. The molecular formula is C19H13ClFN3. The normalized spacial score (nSPS) is 11.1. The van der Waals surface area contributed by atoms with Gasteiger partial charge in [-0.3, -0.25) is 4.98 Å². The van der Waals surface area contributed by atoms with E-state index in [9.17, 15) is 4.39 Å². The minimum absolute atomic E-state index is 0.290. The van der Waals surface area contributed by atoms with Gasteiger partial charge in [0.2, 0.25) is 0 Å². The maximum Gasteiger partial charge on any atom is 0.160 e. The molecule has 5 heteroatoms. The zero-order valence-electron chi connectivity index (χ0n) is 12.7. The van der Waals surface area contributed by atoms with Gasteiger partial charge < -0.3 is 4.57 Å². The standard InChI is InChI=1S/C19H13ClFN3/c20-14-6-5-7-15(21)13(14)12-24-18-10-2-1-8-16(18)23-19(24)17-9-3-4-11-22-17/h1-11H,12H2. The molecule has 118 valence electrons. The summed E-state index contributed by atoms with van der Waals surface area (Å²) in [5.74, 6) is 0.364. The fourth-order valence-corrected chi connectivity index (χ4v) is 2.99. The number of hydrogen-bond acceptors (Lipinski definition) is 2. The van der Waals surface area contributed by atoms with Gasteiger partial charge in [0.25, 0.3) is 0 Å². The number of hydrogen-bond donors (Lipinski definition) is 0. The van der Waals surface area contributed by atoms with Crippen LogP contribution in [0.3, 0.4) is 0 Å². The van der Waals surface area contributed by atoms with Crippen molar-refractivity contribution in [1.29, 1.82) is 0 Å². The molecule has 0 fully saturated rings. The Hall–Kier alpha value is -2.72. The second kappa shape index (κ2) is 6.06. The van der Waals surface area contributed by atoms with E-state index in [2.05, 4.69) is 9.97 Å². The molecule has 2 aromatic carbocycles. The Morgan fingerprint density at radius 1 is 0.958 bits per heavy atom. The zero-order valence-corrected chi connectivity index (χ0v) is 13.4. The minimum atomic E-state index is -0.327. The van der Waals surface area contributed by atoms with Crippen molar-refractivity contribution >= 4 is 22.6 Å². The quantitative estimate of drug-likeness (QED) is 0.530. The number of halogens is 2. The number of benzene rings is 2. The smallest absolute Gasteiger partial charge is 0.160 e. The lowest BCUT2D eigenvalue weighted by Gasteiger charge is -2.11. The molecule has 2 heterocycles. The fourth-order valence-electron chi connectivity index (χ4n) is 2.77. The van der Waals surface area contributed by atoms with Gasteiger partial charge >= 0.3 is 0 Å². The molecule has 0 amide bonds. The molecule has 0 aliphatic rings. The molecule has 4 aromatic rings. The second-order valence-corrected chi connectivity index (χ2v) is 5.83. The first-order chi connectivity index (χ1) is 11.7. The molecule has 0 aliphatic carbocycles. The van der Waals surface area contributed by atoms with E-state index in [0.717, 1.165) is 16.7 Å². The predicted molar refractivity (Wildman–Crippen MR) is 93.5 cm³/mol. The Kier molecular flexibility index (Phi) is 3.75. The van der Waals surface area contributed by atoms with Crippen LogP contribution in [0.5, 0.6) is 0 Å². The highest BCUT2D eigenvalue weighted by molar-refractivity contribution is 6.31. The van der Waals surface area contributed by atoms with Crippen LogP contribution in [-0.4, -0.2) is 14.5 Å². The first-order valence-electron chi connectivity index (χ1n) is 7.53. The molecule has 0 saturated heterocycles. The van der Waals surface area contributed by atoms with Crippen LogP contribution in [0.15, 0.2) is 66.9 Å². The molecule has 0 saturated carbocycles. The minimum Gasteiger partial charge on any atom is -0.318 e. The van der Waals surface area contributed by atoms with E-state index in [-0.39, 0.29) is 12.4 Å². The fraction of sp³-hybridized carbons (Fsp3) is 0.0526. The van der Waals surface area contributed by atoms with Crippen molar-refractivity contribution in [2.75, 3.05) is 0 Å². The van der Waals surface area contributed by atoms with Crippen LogP contribution >= 0.6 is 11.6 Å². The third kappa shape index (κ3) is 2.55. The van der Waals surface area contributed by atoms with Crippen molar-refractivity contribution in [3.63, 3.8) is 0 Å². The summed E-state index contributed by atoms with van der Waals surface area (Å²) in [4.78, 5) is 9.05. The third-order valence-electron chi connectivity index (χ3n) is 3.93. The number of fused-ring (bicyclic) bond motifs is 1. The number of para-hydroxylation sites is 2. The predicted octanol–water partition coefficient (Wildman–Crippen LogP) is 4.94. The van der Waals surface area contributed by atoms with Crippen LogP contribution in [0.2, 0.25) is 5.02 Å². The van der Waals surface area contributed by atoms with Crippen molar-refractivity contribution in [3.8, 4) is 11.5 Å². The molecule has 0 aliphatic heterocycles. The lowest BCUT2D eigenvalue weighted by atomic mass is 10.2. The van der Waals surface area contributed by atoms with Crippen molar-refractivity contribution < 1.29 is 4.39 Å². The highest BCUT2D eigenvalue weighted by Gasteiger charge is 2.16. The van der Waals surface area contributed by atoms with Crippen molar-refractivity contribution in [2.24, 2.45) is 0 Å². The summed E-state index contributed by atoms with van der Waals surface area (Å²) in [6.07, 6.45) is 1.72. The van der Waals surface area contributed by atoms with Gasteiger partial charge in [-0.2, -0.15) is 0 Å². The van der Waals surface area contributed by atoms with E-state index < -0.39 is 0 Å². The summed E-state index contributed by atoms with van der Waals surface area (Å²) >= 11 is 6.21. The summed E-state index contributed by atoms with van der Waals surface area (Å²) in [6.45, 7) is 0.290. The summed E-state index contributed by atoms with van der Waals surface area (Å²) in [5.41, 5.74) is 2.93. The maximum absolute atomic E-state index is 14.2. The van der Waals surface area contributed by atoms with E-state index >= 15 is 0 Å². The van der Waals surface area contributed by atoms with Crippen LogP contribution in [0.25, 0.3) is 22.6 Å². The van der Waals surface area contributed by atoms with Crippen LogP contribution in [0.1, 0.15) is 5.56 Å². The molecule has 3 nitrogen and oxygen atoms in total. The van der Waals surface area contributed by atoms with Gasteiger partial charge in [0, 0.05) is 16.8 Å². The van der Waals surface area contributed by atoms with Crippen molar-refractivity contribution in [1.82, 2.24) is 14.5 Å². The monoisotopic (exact) mass is 337 g/mol. The van der Waals surface area contributed by atoms with Crippen LogP contribution in [0, 0.1) is 5.82 Å². The van der Waals surface area contributed by atoms with Gasteiger partial charge in [0.05, 0.1) is 17.6 Å². The zero-order chi connectivity index (χ0) is 16.5. The lowest BCUT2D eigenvalue weighted by molar-refractivity contribution is 0.602. The average molecular weight is 338 g/mol. The van der Waals surface area contributed by atoms with Crippen LogP contribution in [-0.2, 0) is 6.54 Å². The molecule has 4 rings (SSSR count). The summed E-state index contributed by atoms with van der Waals surface area (Å²) < 4.78 is 16.2. The Bertz CT molecular complexity index is 991. The Morgan fingerprint density at radius 2 is 1.79 bits per heavy atom. The van der Waals surface area contributed by atoms with Crippen LogP contribution < -0.4 is 0 Å². The summed E-state index contributed by atoms with van der Waals surface area (Å²) in [5, 5.41) is 0.403. The average Bonchev–Trinajstić information content (AvgIpc) is 2.98. The summed E-state index contributed by atoms with van der Waals surface area (Å²) in [7, 11) is 0. The van der Waals surface area contributed by atoms with Crippen molar-refractivity contribution in [2.45, 2.75) is 6.54 Å². The van der Waals surface area contributed by atoms with E-state index in [1.807, 2.05) is 47.0 Å². The molecule has 0 N–H and O–H groups in total. The highest BCUT2D eigenvalue weighted by atomic mass is 35.5. The van der Waals surface area contributed by atoms with E-state index in [4.69, 9.17) is 11.6 Å². The number of rotatable bonds is 3. The number of aromatic nitrogens is 3. The molecule has 0 bridgehead atoms.